The number of hydrogen-bond acceptors (Lipinski definition) is 6. The Bertz CT molecular complexity index is 771. The van der Waals surface area contributed by atoms with E-state index >= 15 is 0 Å². The lowest BCUT2D eigenvalue weighted by Crippen LogP contribution is -2.24. The van der Waals surface area contributed by atoms with Crippen LogP contribution in [0.15, 0.2) is 61.1 Å². The smallest absolute Gasteiger partial charge is 0.183 e. The highest BCUT2D eigenvalue weighted by Crippen LogP contribution is 2.30. The van der Waals surface area contributed by atoms with Gasteiger partial charge in [0.25, 0.3) is 0 Å². The molecule has 0 aliphatic carbocycles. The number of methoxy groups -OCH3 is 2. The predicted molar refractivity (Wildman–Crippen MR) is 98.8 cm³/mol. The minimum atomic E-state index is 0.591. The van der Waals surface area contributed by atoms with E-state index in [1.165, 1.54) is 0 Å². The van der Waals surface area contributed by atoms with Crippen molar-refractivity contribution in [2.75, 3.05) is 14.2 Å². The number of hydrogen-bond donors (Lipinski definition) is 0. The summed E-state index contributed by atoms with van der Waals surface area (Å²) in [5, 5.41) is 0. The molecule has 0 atom stereocenters. The van der Waals surface area contributed by atoms with Crippen molar-refractivity contribution in [3.8, 4) is 11.5 Å². The predicted octanol–water partition coefficient (Wildman–Crippen LogP) is 3.09. The van der Waals surface area contributed by atoms with Crippen LogP contribution in [0.25, 0.3) is 0 Å². The van der Waals surface area contributed by atoms with Gasteiger partial charge in [0, 0.05) is 44.3 Å². The van der Waals surface area contributed by atoms with Gasteiger partial charge in [0.1, 0.15) is 5.69 Å². The Morgan fingerprint density at radius 2 is 1.38 bits per heavy atom. The van der Waals surface area contributed by atoms with Gasteiger partial charge in [0.15, 0.2) is 11.5 Å². The van der Waals surface area contributed by atoms with Gasteiger partial charge in [-0.3, -0.25) is 19.9 Å². The van der Waals surface area contributed by atoms with Crippen molar-refractivity contribution in [2.24, 2.45) is 0 Å². The molecule has 3 aromatic heterocycles. The molecule has 0 unspecified atom stereocenters. The third kappa shape index (κ3) is 4.55. The summed E-state index contributed by atoms with van der Waals surface area (Å²) in [6, 6.07) is 13.6. The van der Waals surface area contributed by atoms with Gasteiger partial charge in [-0.25, -0.2) is 0 Å². The average Bonchev–Trinajstić information content (AvgIpc) is 2.69. The zero-order valence-corrected chi connectivity index (χ0v) is 15.0. The summed E-state index contributed by atoms with van der Waals surface area (Å²) in [5.74, 6) is 1.33. The Hall–Kier alpha value is -2.99. The molecule has 0 N–H and O–H groups in total. The fourth-order valence-electron chi connectivity index (χ4n) is 2.78. The van der Waals surface area contributed by atoms with Gasteiger partial charge in [-0.2, -0.15) is 0 Å². The summed E-state index contributed by atoms with van der Waals surface area (Å²) in [6.07, 6.45) is 5.34. The second-order valence-corrected chi connectivity index (χ2v) is 5.78. The van der Waals surface area contributed by atoms with E-state index in [1.54, 1.807) is 38.9 Å². The van der Waals surface area contributed by atoms with E-state index in [9.17, 15) is 0 Å². The number of nitrogens with zero attached hydrogens (tertiary/aromatic N) is 4. The van der Waals surface area contributed by atoms with Crippen LogP contribution in [0.5, 0.6) is 11.5 Å². The van der Waals surface area contributed by atoms with Crippen molar-refractivity contribution in [3.63, 3.8) is 0 Å². The summed E-state index contributed by atoms with van der Waals surface area (Å²) in [4.78, 5) is 15.6. The molecule has 0 bridgehead atoms. The van der Waals surface area contributed by atoms with Crippen LogP contribution in [0.1, 0.15) is 17.1 Å². The first-order valence-electron chi connectivity index (χ1n) is 8.38. The van der Waals surface area contributed by atoms with Crippen molar-refractivity contribution >= 4 is 0 Å². The van der Waals surface area contributed by atoms with Gasteiger partial charge in [-0.1, -0.05) is 12.1 Å². The van der Waals surface area contributed by atoms with Crippen molar-refractivity contribution < 1.29 is 9.47 Å². The largest absolute Gasteiger partial charge is 0.493 e. The summed E-state index contributed by atoms with van der Waals surface area (Å²) in [7, 11) is 3.26. The lowest BCUT2D eigenvalue weighted by atomic mass is 10.2. The quantitative estimate of drug-likeness (QED) is 0.622. The van der Waals surface area contributed by atoms with Crippen LogP contribution in [0.4, 0.5) is 0 Å². The summed E-state index contributed by atoms with van der Waals surface area (Å²) >= 11 is 0. The Morgan fingerprint density at radius 3 is 1.88 bits per heavy atom. The van der Waals surface area contributed by atoms with E-state index in [0.29, 0.717) is 31.1 Å². The molecular weight excluding hydrogens is 328 g/mol. The van der Waals surface area contributed by atoms with Crippen molar-refractivity contribution in [1.82, 2.24) is 19.9 Å². The first-order valence-corrected chi connectivity index (χ1v) is 8.38. The van der Waals surface area contributed by atoms with Gasteiger partial charge < -0.3 is 9.47 Å². The number of aromatic nitrogens is 3. The third-order valence-electron chi connectivity index (χ3n) is 3.96. The fraction of sp³-hybridized carbons (Fsp3) is 0.250. The Morgan fingerprint density at radius 1 is 0.731 bits per heavy atom. The van der Waals surface area contributed by atoms with E-state index in [0.717, 1.165) is 17.1 Å². The van der Waals surface area contributed by atoms with Crippen molar-refractivity contribution in [1.29, 1.82) is 0 Å². The van der Waals surface area contributed by atoms with Crippen LogP contribution in [-0.2, 0) is 19.6 Å². The molecule has 3 rings (SSSR count). The molecule has 134 valence electrons. The zero-order chi connectivity index (χ0) is 18.2. The minimum absolute atomic E-state index is 0.591. The summed E-state index contributed by atoms with van der Waals surface area (Å²) in [6.45, 7) is 1.95. The molecule has 3 heterocycles. The van der Waals surface area contributed by atoms with Crippen LogP contribution < -0.4 is 9.47 Å². The molecule has 6 nitrogen and oxygen atoms in total. The summed E-state index contributed by atoms with van der Waals surface area (Å²) < 4.78 is 10.9. The van der Waals surface area contributed by atoms with Crippen molar-refractivity contribution in [2.45, 2.75) is 19.6 Å². The minimum Gasteiger partial charge on any atom is -0.493 e. The van der Waals surface area contributed by atoms with Gasteiger partial charge in [-0.15, -0.1) is 0 Å². The topological polar surface area (TPSA) is 60.4 Å². The molecule has 0 amide bonds. The first-order chi connectivity index (χ1) is 12.8. The number of pyridine rings is 3. The molecule has 0 spiro atoms. The molecule has 0 fully saturated rings. The molecule has 0 aliphatic rings. The molecule has 0 radical (unpaired) electrons. The molecule has 0 saturated carbocycles. The third-order valence-corrected chi connectivity index (χ3v) is 3.96. The van der Waals surface area contributed by atoms with Gasteiger partial charge in [0.2, 0.25) is 0 Å². The molecule has 6 heteroatoms. The van der Waals surface area contributed by atoms with Gasteiger partial charge in [-0.05, 0) is 24.3 Å². The SMILES string of the molecule is COc1ccnc(CN(Cc2ccccn2)Cc2ccccn2)c1OC. The van der Waals surface area contributed by atoms with E-state index in [2.05, 4.69) is 19.9 Å². The molecule has 3 aromatic rings. The lowest BCUT2D eigenvalue weighted by molar-refractivity contribution is 0.233. The standard InChI is InChI=1S/C20H22N4O2/c1-25-19-9-12-23-18(20(19)26-2)15-24(13-16-7-3-5-10-21-16)14-17-8-4-6-11-22-17/h3-12H,13-15H2,1-2H3. The average molecular weight is 350 g/mol. The van der Waals surface area contributed by atoms with E-state index in [-0.39, 0.29) is 0 Å². The van der Waals surface area contributed by atoms with Crippen LogP contribution >= 0.6 is 0 Å². The fourth-order valence-corrected chi connectivity index (χ4v) is 2.78. The lowest BCUT2D eigenvalue weighted by Gasteiger charge is -2.22. The van der Waals surface area contributed by atoms with Crippen LogP contribution in [0.2, 0.25) is 0 Å². The number of rotatable bonds is 8. The van der Waals surface area contributed by atoms with Gasteiger partial charge >= 0.3 is 0 Å². The normalized spacial score (nSPS) is 10.7. The van der Waals surface area contributed by atoms with E-state index in [1.807, 2.05) is 36.4 Å². The second kappa shape index (κ2) is 8.92. The van der Waals surface area contributed by atoms with Crippen LogP contribution in [0, 0.1) is 0 Å². The molecule has 0 saturated heterocycles. The second-order valence-electron chi connectivity index (χ2n) is 5.78. The molecule has 0 aromatic carbocycles. The highest BCUT2D eigenvalue weighted by atomic mass is 16.5. The highest BCUT2D eigenvalue weighted by Gasteiger charge is 2.16. The zero-order valence-electron chi connectivity index (χ0n) is 15.0. The molecule has 0 aliphatic heterocycles. The molecular formula is C20H22N4O2. The first kappa shape index (κ1) is 17.8. The van der Waals surface area contributed by atoms with E-state index < -0.39 is 0 Å². The monoisotopic (exact) mass is 350 g/mol. The van der Waals surface area contributed by atoms with Crippen molar-refractivity contribution in [3.05, 3.63) is 78.1 Å². The summed E-state index contributed by atoms with van der Waals surface area (Å²) in [5.41, 5.74) is 2.80. The van der Waals surface area contributed by atoms with Gasteiger partial charge in [0.05, 0.1) is 25.6 Å². The maximum atomic E-state index is 5.52. The van der Waals surface area contributed by atoms with E-state index in [4.69, 9.17) is 9.47 Å². The van der Waals surface area contributed by atoms with Crippen LogP contribution in [-0.4, -0.2) is 34.1 Å². The highest BCUT2D eigenvalue weighted by molar-refractivity contribution is 5.42. The number of ether oxygens (including phenoxy) is 2. The Balaban J connectivity index is 1.86. The molecule has 26 heavy (non-hydrogen) atoms. The maximum Gasteiger partial charge on any atom is 0.183 e. The van der Waals surface area contributed by atoms with Crippen LogP contribution in [0.3, 0.4) is 0 Å². The Labute approximate surface area is 153 Å². The maximum absolute atomic E-state index is 5.52. The Kier molecular flexibility index (Phi) is 6.11.